The van der Waals surface area contributed by atoms with E-state index in [1.165, 1.54) is 30.3 Å². The fourth-order valence-corrected chi connectivity index (χ4v) is 3.64. The Balaban J connectivity index is 1.64. The summed E-state index contributed by atoms with van der Waals surface area (Å²) in [5, 5.41) is 26.0. The van der Waals surface area contributed by atoms with Gasteiger partial charge in [0.1, 0.15) is 17.4 Å². The maximum absolute atomic E-state index is 12.5. The monoisotopic (exact) mass is 568 g/mol. The molecule has 0 saturated heterocycles. The molecule has 2 amide bonds. The summed E-state index contributed by atoms with van der Waals surface area (Å²) in [7, 11) is 0. The fraction of sp³-hybridized carbons (Fsp3) is 0.0800. The summed E-state index contributed by atoms with van der Waals surface area (Å²) in [5.41, 5.74) is 1.74. The predicted octanol–water partition coefficient (Wildman–Crippen LogP) is 5.88. The number of carbonyl (C=O) groups excluding carboxylic acids is 2. The van der Waals surface area contributed by atoms with Crippen LogP contribution in [0.4, 0.5) is 17.1 Å². The number of amides is 2. The van der Waals surface area contributed by atoms with Gasteiger partial charge in [0.25, 0.3) is 17.5 Å². The van der Waals surface area contributed by atoms with Crippen LogP contribution in [0.2, 0.25) is 5.02 Å². The molecule has 0 atom stereocenters. The van der Waals surface area contributed by atoms with Crippen LogP contribution in [0.1, 0.15) is 11.1 Å². The summed E-state index contributed by atoms with van der Waals surface area (Å²) >= 11 is 9.42. The van der Waals surface area contributed by atoms with E-state index < -0.39 is 10.8 Å². The number of hydrogen-bond donors (Lipinski definition) is 2. The summed E-state index contributed by atoms with van der Waals surface area (Å²) in [6.45, 7) is 1.60. The summed E-state index contributed by atoms with van der Waals surface area (Å²) in [6.07, 6.45) is 1.36. The minimum absolute atomic E-state index is 0.187. The number of nitrogens with one attached hydrogen (secondary N) is 2. The summed E-state index contributed by atoms with van der Waals surface area (Å²) in [4.78, 5) is 35.0. The van der Waals surface area contributed by atoms with Crippen molar-refractivity contribution in [3.8, 4) is 11.8 Å². The van der Waals surface area contributed by atoms with Crippen LogP contribution >= 0.6 is 27.5 Å². The van der Waals surface area contributed by atoms with Crippen LogP contribution in [0.5, 0.6) is 5.75 Å². The predicted molar refractivity (Wildman–Crippen MR) is 140 cm³/mol. The minimum Gasteiger partial charge on any atom is -0.483 e. The van der Waals surface area contributed by atoms with E-state index in [-0.39, 0.29) is 29.5 Å². The van der Waals surface area contributed by atoms with E-state index in [0.29, 0.717) is 26.5 Å². The van der Waals surface area contributed by atoms with Crippen molar-refractivity contribution in [3.05, 3.63) is 97.0 Å². The molecule has 3 aromatic rings. The number of halogens is 2. The molecule has 2 N–H and O–H groups in total. The second-order valence-corrected chi connectivity index (χ2v) is 8.68. The Labute approximate surface area is 219 Å². The first-order chi connectivity index (χ1) is 17.2. The van der Waals surface area contributed by atoms with Crippen LogP contribution in [-0.4, -0.2) is 23.3 Å². The van der Waals surface area contributed by atoms with E-state index in [2.05, 4.69) is 26.6 Å². The Hall–Kier alpha value is -4.20. The fourth-order valence-electron chi connectivity index (χ4n) is 2.95. The molecule has 0 aliphatic rings. The molecule has 0 heterocycles. The molecule has 3 aromatic carbocycles. The molecule has 0 bridgehead atoms. The zero-order valence-corrected chi connectivity index (χ0v) is 21.1. The maximum atomic E-state index is 12.5. The Kier molecular flexibility index (Phi) is 8.78. The lowest BCUT2D eigenvalue weighted by atomic mass is 10.1. The Bertz CT molecular complexity index is 1420. The second-order valence-electron chi connectivity index (χ2n) is 7.42. The zero-order valence-electron chi connectivity index (χ0n) is 18.7. The molecule has 9 nitrogen and oxygen atoms in total. The molecule has 0 unspecified atom stereocenters. The van der Waals surface area contributed by atoms with Crippen molar-refractivity contribution in [1.29, 1.82) is 5.26 Å². The first kappa shape index (κ1) is 26.4. The Morgan fingerprint density at radius 1 is 1.14 bits per heavy atom. The van der Waals surface area contributed by atoms with Crippen molar-refractivity contribution in [2.45, 2.75) is 6.92 Å². The highest BCUT2D eigenvalue weighted by atomic mass is 79.9. The number of nitriles is 1. The lowest BCUT2D eigenvalue weighted by Crippen LogP contribution is -2.20. The quantitative estimate of drug-likeness (QED) is 0.150. The molecule has 0 aliphatic carbocycles. The molecule has 0 saturated carbocycles. The molecule has 0 aliphatic heterocycles. The van der Waals surface area contributed by atoms with Crippen LogP contribution < -0.4 is 15.4 Å². The number of anilines is 2. The van der Waals surface area contributed by atoms with Crippen molar-refractivity contribution in [2.24, 2.45) is 0 Å². The number of nitrogens with zero attached hydrogens (tertiary/aromatic N) is 2. The van der Waals surface area contributed by atoms with Crippen LogP contribution in [-0.2, 0) is 9.59 Å². The summed E-state index contributed by atoms with van der Waals surface area (Å²) in [6, 6.07) is 17.2. The van der Waals surface area contributed by atoms with Crippen LogP contribution in [0.25, 0.3) is 6.08 Å². The number of non-ortho nitro benzene ring substituents is 1. The summed E-state index contributed by atoms with van der Waals surface area (Å²) in [5.74, 6) is -0.721. The normalized spacial score (nSPS) is 10.8. The highest BCUT2D eigenvalue weighted by Gasteiger charge is 2.13. The zero-order chi connectivity index (χ0) is 26.2. The average molecular weight is 570 g/mol. The first-order valence-electron chi connectivity index (χ1n) is 10.3. The van der Waals surface area contributed by atoms with Gasteiger partial charge in [-0.25, -0.2) is 0 Å². The molecular weight excluding hydrogens is 552 g/mol. The van der Waals surface area contributed by atoms with E-state index in [4.69, 9.17) is 16.3 Å². The van der Waals surface area contributed by atoms with Gasteiger partial charge in [-0.05, 0) is 70.4 Å². The first-order valence-corrected chi connectivity index (χ1v) is 11.5. The lowest BCUT2D eigenvalue weighted by molar-refractivity contribution is -0.384. The van der Waals surface area contributed by atoms with Gasteiger partial charge >= 0.3 is 0 Å². The van der Waals surface area contributed by atoms with Crippen LogP contribution in [0, 0.1) is 28.4 Å². The smallest absolute Gasteiger partial charge is 0.271 e. The number of benzene rings is 3. The van der Waals surface area contributed by atoms with E-state index in [1.54, 1.807) is 36.4 Å². The third kappa shape index (κ3) is 7.15. The molecule has 11 heteroatoms. The molecule has 36 heavy (non-hydrogen) atoms. The molecule has 3 rings (SSSR count). The topological polar surface area (TPSA) is 134 Å². The van der Waals surface area contributed by atoms with Gasteiger partial charge in [-0.3, -0.25) is 19.7 Å². The molecule has 0 aromatic heterocycles. The number of nitro groups is 1. The van der Waals surface area contributed by atoms with Gasteiger partial charge in [-0.15, -0.1) is 0 Å². The number of aryl methyl sites for hydroxylation is 1. The minimum atomic E-state index is -0.720. The third-order valence-corrected chi connectivity index (χ3v) is 5.79. The Morgan fingerprint density at radius 3 is 2.56 bits per heavy atom. The van der Waals surface area contributed by atoms with Crippen LogP contribution in [0.3, 0.4) is 0 Å². The van der Waals surface area contributed by atoms with E-state index in [9.17, 15) is 25.0 Å². The van der Waals surface area contributed by atoms with Gasteiger partial charge in [-0.1, -0.05) is 29.8 Å². The van der Waals surface area contributed by atoms with Gasteiger partial charge in [0, 0.05) is 28.5 Å². The largest absolute Gasteiger partial charge is 0.483 e. The van der Waals surface area contributed by atoms with E-state index >= 15 is 0 Å². The maximum Gasteiger partial charge on any atom is 0.271 e. The van der Waals surface area contributed by atoms with Crippen molar-refractivity contribution < 1.29 is 19.2 Å². The third-order valence-electron chi connectivity index (χ3n) is 4.76. The van der Waals surface area contributed by atoms with Crippen molar-refractivity contribution in [3.63, 3.8) is 0 Å². The number of ether oxygens (including phenoxy) is 1. The number of rotatable bonds is 8. The summed E-state index contributed by atoms with van der Waals surface area (Å²) < 4.78 is 6.06. The van der Waals surface area contributed by atoms with E-state index in [0.717, 1.165) is 5.56 Å². The SMILES string of the molecule is Cc1ccc(NC(=O)COc2ccc(/C=C(/C#N)C(=O)Nc3cccc([N+](=O)[O-])c3)cc2Br)cc1Cl. The van der Waals surface area contributed by atoms with Crippen molar-refractivity contribution in [1.82, 2.24) is 0 Å². The highest BCUT2D eigenvalue weighted by Crippen LogP contribution is 2.27. The van der Waals surface area contributed by atoms with Gasteiger partial charge in [0.2, 0.25) is 0 Å². The average Bonchev–Trinajstić information content (AvgIpc) is 2.84. The standard InChI is InChI=1S/C25H18BrClN4O5/c1-15-5-7-19(12-22(15)27)29-24(32)14-36-23-8-6-16(10-21(23)26)9-17(13-28)25(33)30-18-3-2-4-20(11-18)31(34)35/h2-12H,14H2,1H3,(H,29,32)(H,30,33)/b17-9-. The molecule has 0 fully saturated rings. The van der Waals surface area contributed by atoms with Crippen molar-refractivity contribution >= 4 is 62.5 Å². The highest BCUT2D eigenvalue weighted by molar-refractivity contribution is 9.10. The van der Waals surface area contributed by atoms with E-state index in [1.807, 2.05) is 13.0 Å². The Morgan fingerprint density at radius 2 is 1.89 bits per heavy atom. The molecule has 0 radical (unpaired) electrons. The molecular formula is C25H18BrClN4O5. The molecule has 182 valence electrons. The second kappa shape index (κ2) is 12.0. The molecule has 0 spiro atoms. The van der Waals surface area contributed by atoms with Gasteiger partial charge in [0.15, 0.2) is 6.61 Å². The van der Waals surface area contributed by atoms with Gasteiger partial charge < -0.3 is 15.4 Å². The number of carbonyl (C=O) groups is 2. The van der Waals surface area contributed by atoms with Gasteiger partial charge in [-0.2, -0.15) is 5.26 Å². The van der Waals surface area contributed by atoms with Crippen LogP contribution in [0.15, 0.2) is 70.7 Å². The number of hydrogen-bond acceptors (Lipinski definition) is 6. The van der Waals surface area contributed by atoms with Gasteiger partial charge in [0.05, 0.1) is 9.40 Å². The number of nitro benzene ring substituents is 1. The van der Waals surface area contributed by atoms with Crippen molar-refractivity contribution in [2.75, 3.05) is 17.2 Å². The lowest BCUT2D eigenvalue weighted by Gasteiger charge is -2.10.